The average Bonchev–Trinajstić information content (AvgIpc) is 2.63. The van der Waals surface area contributed by atoms with Crippen LogP contribution in [0, 0.1) is 6.92 Å². The van der Waals surface area contributed by atoms with E-state index in [1.54, 1.807) is 6.07 Å². The lowest BCUT2D eigenvalue weighted by Gasteiger charge is -2.06. The first-order valence-corrected chi connectivity index (χ1v) is 6.41. The summed E-state index contributed by atoms with van der Waals surface area (Å²) < 4.78 is 4.93. The summed E-state index contributed by atoms with van der Waals surface area (Å²) in [6.45, 7) is 1.97. The van der Waals surface area contributed by atoms with E-state index < -0.39 is 0 Å². The lowest BCUT2D eigenvalue weighted by atomic mass is 10.2. The molecule has 0 aromatic heterocycles. The third-order valence-electron chi connectivity index (χ3n) is 2.86. The highest BCUT2D eigenvalue weighted by atomic mass is 16.5. The summed E-state index contributed by atoms with van der Waals surface area (Å²) in [5.41, 5.74) is 2.07. The lowest BCUT2D eigenvalue weighted by Crippen LogP contribution is -2.19. The molecule has 0 saturated heterocycles. The highest BCUT2D eigenvalue weighted by molar-refractivity contribution is 5.99. The van der Waals surface area contributed by atoms with Gasteiger partial charge >= 0.3 is 6.03 Å². The predicted octanol–water partition coefficient (Wildman–Crippen LogP) is 3.01. The zero-order valence-electron chi connectivity index (χ0n) is 11.8. The fourth-order valence-corrected chi connectivity index (χ4v) is 1.73. The van der Waals surface area contributed by atoms with Crippen LogP contribution in [-0.2, 0) is 0 Å². The maximum atomic E-state index is 11.9. The summed E-state index contributed by atoms with van der Waals surface area (Å²) >= 11 is 0. The molecule has 0 spiro atoms. The average molecular weight is 284 g/mol. The molecular formula is C16H16N2O3. The van der Waals surface area contributed by atoms with Gasteiger partial charge in [0.2, 0.25) is 5.43 Å². The number of anilines is 2. The van der Waals surface area contributed by atoms with Crippen LogP contribution in [0.3, 0.4) is 0 Å². The van der Waals surface area contributed by atoms with Crippen molar-refractivity contribution < 1.29 is 9.53 Å². The molecule has 0 radical (unpaired) electrons. The second-order valence-corrected chi connectivity index (χ2v) is 4.50. The van der Waals surface area contributed by atoms with E-state index in [0.29, 0.717) is 11.4 Å². The van der Waals surface area contributed by atoms with Gasteiger partial charge in [0, 0.05) is 11.4 Å². The molecule has 5 heteroatoms. The standard InChI is InChI=1S/C16H16N2O3/c1-11-3-5-12(6-4-11)17-16(20)18-13-7-9-14(19)15(21-2)10-8-13/h3-10H,1-2H3,(H2,17,18,20). The normalized spacial score (nSPS) is 9.81. The minimum atomic E-state index is -0.378. The number of methoxy groups -OCH3 is 1. The van der Waals surface area contributed by atoms with Crippen molar-refractivity contribution in [3.05, 3.63) is 64.3 Å². The molecule has 0 aliphatic heterocycles. The minimum Gasteiger partial charge on any atom is -0.493 e. The minimum absolute atomic E-state index is 0.224. The van der Waals surface area contributed by atoms with E-state index in [-0.39, 0.29) is 17.2 Å². The highest BCUT2D eigenvalue weighted by Crippen LogP contribution is 2.11. The molecule has 2 aromatic carbocycles. The van der Waals surface area contributed by atoms with Gasteiger partial charge < -0.3 is 15.4 Å². The Balaban J connectivity index is 2.07. The topological polar surface area (TPSA) is 67.4 Å². The molecular weight excluding hydrogens is 268 g/mol. The van der Waals surface area contributed by atoms with Gasteiger partial charge in [-0.1, -0.05) is 17.7 Å². The van der Waals surface area contributed by atoms with Crippen LogP contribution in [0.5, 0.6) is 5.75 Å². The van der Waals surface area contributed by atoms with Crippen molar-refractivity contribution in [1.29, 1.82) is 0 Å². The van der Waals surface area contributed by atoms with E-state index in [1.807, 2.05) is 31.2 Å². The predicted molar refractivity (Wildman–Crippen MR) is 83.1 cm³/mol. The van der Waals surface area contributed by atoms with E-state index in [2.05, 4.69) is 10.6 Å². The SMILES string of the molecule is COc1ccc(NC(=O)Nc2ccc(C)cc2)ccc1=O. The van der Waals surface area contributed by atoms with Gasteiger partial charge in [-0.15, -0.1) is 0 Å². The fraction of sp³-hybridized carbons (Fsp3) is 0.125. The van der Waals surface area contributed by atoms with Crippen LogP contribution in [0.2, 0.25) is 0 Å². The van der Waals surface area contributed by atoms with Crippen LogP contribution < -0.4 is 20.8 Å². The van der Waals surface area contributed by atoms with Crippen LogP contribution in [0.4, 0.5) is 16.2 Å². The quantitative estimate of drug-likeness (QED) is 0.910. The molecule has 0 atom stereocenters. The number of benzene rings is 1. The third-order valence-corrected chi connectivity index (χ3v) is 2.86. The molecule has 0 aliphatic rings. The van der Waals surface area contributed by atoms with Gasteiger partial charge in [-0.2, -0.15) is 0 Å². The Kier molecular flexibility index (Phi) is 4.56. The molecule has 108 valence electrons. The first kappa shape index (κ1) is 14.6. The molecule has 21 heavy (non-hydrogen) atoms. The number of hydrogen-bond donors (Lipinski definition) is 2. The van der Waals surface area contributed by atoms with Gasteiger partial charge in [0.1, 0.15) is 0 Å². The molecule has 2 N–H and O–H groups in total. The molecule has 0 heterocycles. The number of nitrogens with one attached hydrogen (secondary N) is 2. The van der Waals surface area contributed by atoms with Crippen LogP contribution >= 0.6 is 0 Å². The summed E-state index contributed by atoms with van der Waals surface area (Å²) in [5.74, 6) is 0.224. The van der Waals surface area contributed by atoms with Crippen LogP contribution in [0.15, 0.2) is 53.3 Å². The molecule has 2 rings (SSSR count). The Morgan fingerprint density at radius 3 is 2.00 bits per heavy atom. The molecule has 0 saturated carbocycles. The fourth-order valence-electron chi connectivity index (χ4n) is 1.73. The van der Waals surface area contributed by atoms with Crippen LogP contribution in [0.1, 0.15) is 5.56 Å². The van der Waals surface area contributed by atoms with Crippen molar-refractivity contribution in [2.24, 2.45) is 0 Å². The van der Waals surface area contributed by atoms with Crippen LogP contribution in [-0.4, -0.2) is 13.1 Å². The Bertz CT molecular complexity index is 697. The van der Waals surface area contributed by atoms with Crippen molar-refractivity contribution in [1.82, 2.24) is 0 Å². The Morgan fingerprint density at radius 1 is 0.905 bits per heavy atom. The van der Waals surface area contributed by atoms with Gasteiger partial charge in [-0.05, 0) is 43.3 Å². The zero-order chi connectivity index (χ0) is 15.2. The molecule has 2 aromatic rings. The first-order chi connectivity index (χ1) is 10.1. The number of urea groups is 1. The monoisotopic (exact) mass is 284 g/mol. The lowest BCUT2D eigenvalue weighted by molar-refractivity contribution is 0.262. The first-order valence-electron chi connectivity index (χ1n) is 6.41. The van der Waals surface area contributed by atoms with E-state index in [0.717, 1.165) is 5.56 Å². The molecule has 0 fully saturated rings. The molecule has 2 amide bonds. The smallest absolute Gasteiger partial charge is 0.323 e. The van der Waals surface area contributed by atoms with Crippen molar-refractivity contribution in [2.45, 2.75) is 6.92 Å². The molecule has 0 unspecified atom stereocenters. The van der Waals surface area contributed by atoms with Crippen molar-refractivity contribution in [3.63, 3.8) is 0 Å². The zero-order valence-corrected chi connectivity index (χ0v) is 11.8. The highest BCUT2D eigenvalue weighted by Gasteiger charge is 2.03. The van der Waals surface area contributed by atoms with E-state index >= 15 is 0 Å². The van der Waals surface area contributed by atoms with Gasteiger partial charge in [0.05, 0.1) is 7.11 Å². The van der Waals surface area contributed by atoms with Crippen LogP contribution in [0.25, 0.3) is 0 Å². The van der Waals surface area contributed by atoms with Crippen molar-refractivity contribution in [2.75, 3.05) is 17.7 Å². The number of hydrogen-bond acceptors (Lipinski definition) is 3. The Morgan fingerprint density at radius 2 is 1.43 bits per heavy atom. The van der Waals surface area contributed by atoms with E-state index in [1.165, 1.54) is 25.3 Å². The maximum Gasteiger partial charge on any atom is 0.323 e. The van der Waals surface area contributed by atoms with Crippen molar-refractivity contribution in [3.8, 4) is 5.75 Å². The van der Waals surface area contributed by atoms with Gasteiger partial charge in [-0.3, -0.25) is 4.79 Å². The summed E-state index contributed by atoms with van der Waals surface area (Å²) in [6, 6.07) is 13.1. The number of ether oxygens (including phenoxy) is 1. The molecule has 5 nitrogen and oxygen atoms in total. The maximum absolute atomic E-state index is 11.9. The van der Waals surface area contributed by atoms with Gasteiger partial charge in [0.25, 0.3) is 0 Å². The number of carbonyl (C=O) groups is 1. The van der Waals surface area contributed by atoms with Gasteiger partial charge in [-0.25, -0.2) is 4.79 Å². The number of rotatable bonds is 3. The van der Waals surface area contributed by atoms with Gasteiger partial charge in [0.15, 0.2) is 5.75 Å². The largest absolute Gasteiger partial charge is 0.493 e. The Labute approximate surface area is 122 Å². The second-order valence-electron chi connectivity index (χ2n) is 4.50. The number of aryl methyl sites for hydroxylation is 1. The summed E-state index contributed by atoms with van der Waals surface area (Å²) in [7, 11) is 1.42. The second kappa shape index (κ2) is 6.56. The Hall–Kier alpha value is -2.82. The van der Waals surface area contributed by atoms with E-state index in [4.69, 9.17) is 4.74 Å². The number of amides is 2. The summed E-state index contributed by atoms with van der Waals surface area (Å²) in [4.78, 5) is 23.4. The number of carbonyl (C=O) groups excluding carboxylic acids is 1. The summed E-state index contributed by atoms with van der Waals surface area (Å²) in [5, 5.41) is 5.37. The molecule has 0 bridgehead atoms. The molecule has 0 aliphatic carbocycles. The third kappa shape index (κ3) is 4.07. The summed E-state index contributed by atoms with van der Waals surface area (Å²) in [6.07, 6.45) is 0. The van der Waals surface area contributed by atoms with E-state index in [9.17, 15) is 9.59 Å². The van der Waals surface area contributed by atoms with Crippen molar-refractivity contribution >= 4 is 17.4 Å².